The van der Waals surface area contributed by atoms with Gasteiger partial charge in [-0.05, 0) is 29.8 Å². The van der Waals surface area contributed by atoms with Crippen molar-refractivity contribution >= 4 is 17.5 Å². The van der Waals surface area contributed by atoms with E-state index >= 15 is 0 Å². The largest absolute Gasteiger partial charge is 0.497 e. The molecule has 2 aliphatic heterocycles. The number of amides is 2. The number of benzene rings is 2. The highest BCUT2D eigenvalue weighted by Gasteiger charge is 2.40. The van der Waals surface area contributed by atoms with Crippen molar-refractivity contribution in [3.05, 3.63) is 60.2 Å². The standard InChI is InChI=1S/C22H25N3O3/c1-28-19-9-7-18(8-10-19)24-13-11-23(12-14-24)16-25-21(26)15-20(22(25)27)17-5-3-2-4-6-17/h2-10,20H,11-16H2,1H3. The number of nitrogens with zero attached hydrogens (tertiary/aromatic N) is 3. The van der Waals surface area contributed by atoms with Crippen LogP contribution >= 0.6 is 0 Å². The Balaban J connectivity index is 1.34. The predicted octanol–water partition coefficient (Wildman–Crippen LogP) is 2.32. The second-order valence-electron chi connectivity index (χ2n) is 7.27. The van der Waals surface area contributed by atoms with Crippen molar-refractivity contribution in [2.24, 2.45) is 0 Å². The fraction of sp³-hybridized carbons (Fsp3) is 0.364. The first-order chi connectivity index (χ1) is 13.7. The van der Waals surface area contributed by atoms with E-state index in [0.717, 1.165) is 43.2 Å². The summed E-state index contributed by atoms with van der Waals surface area (Å²) in [5.41, 5.74) is 2.09. The maximum Gasteiger partial charge on any atom is 0.238 e. The highest BCUT2D eigenvalue weighted by Crippen LogP contribution is 2.30. The number of piperazine rings is 1. The molecule has 0 bridgehead atoms. The molecule has 2 amide bonds. The Morgan fingerprint density at radius 1 is 0.929 bits per heavy atom. The molecular formula is C22H25N3O3. The van der Waals surface area contributed by atoms with E-state index in [9.17, 15) is 9.59 Å². The number of methoxy groups -OCH3 is 1. The molecule has 0 spiro atoms. The zero-order chi connectivity index (χ0) is 19.5. The first-order valence-corrected chi connectivity index (χ1v) is 9.66. The highest BCUT2D eigenvalue weighted by atomic mass is 16.5. The van der Waals surface area contributed by atoms with Gasteiger partial charge >= 0.3 is 0 Å². The summed E-state index contributed by atoms with van der Waals surface area (Å²) in [5.74, 6) is 0.362. The highest BCUT2D eigenvalue weighted by molar-refractivity contribution is 6.06. The predicted molar refractivity (Wildman–Crippen MR) is 107 cm³/mol. The van der Waals surface area contributed by atoms with Gasteiger partial charge in [0.05, 0.1) is 19.7 Å². The average molecular weight is 379 g/mol. The molecule has 28 heavy (non-hydrogen) atoms. The van der Waals surface area contributed by atoms with Crippen LogP contribution in [0.5, 0.6) is 5.75 Å². The number of likely N-dealkylation sites (tertiary alicyclic amines) is 1. The van der Waals surface area contributed by atoms with Gasteiger partial charge in [-0.2, -0.15) is 0 Å². The lowest BCUT2D eigenvalue weighted by atomic mass is 9.98. The lowest BCUT2D eigenvalue weighted by Crippen LogP contribution is -2.51. The quantitative estimate of drug-likeness (QED) is 0.747. The number of hydrogen-bond acceptors (Lipinski definition) is 5. The number of hydrogen-bond donors (Lipinski definition) is 0. The summed E-state index contributed by atoms with van der Waals surface area (Å²) < 4.78 is 5.21. The summed E-state index contributed by atoms with van der Waals surface area (Å²) in [6.45, 7) is 3.75. The molecule has 0 N–H and O–H groups in total. The van der Waals surface area contributed by atoms with Gasteiger partial charge in [0.15, 0.2) is 0 Å². The van der Waals surface area contributed by atoms with Crippen LogP contribution < -0.4 is 9.64 Å². The Morgan fingerprint density at radius 3 is 2.25 bits per heavy atom. The first-order valence-electron chi connectivity index (χ1n) is 9.66. The van der Waals surface area contributed by atoms with Gasteiger partial charge in [0.25, 0.3) is 0 Å². The Labute approximate surface area is 165 Å². The number of carbonyl (C=O) groups is 2. The minimum Gasteiger partial charge on any atom is -0.497 e. The molecule has 2 heterocycles. The van der Waals surface area contributed by atoms with Crippen molar-refractivity contribution < 1.29 is 14.3 Å². The number of ether oxygens (including phenoxy) is 1. The Hall–Kier alpha value is -2.86. The summed E-state index contributed by atoms with van der Waals surface area (Å²) in [5, 5.41) is 0. The maximum atomic E-state index is 12.8. The fourth-order valence-corrected chi connectivity index (χ4v) is 3.92. The molecule has 0 radical (unpaired) electrons. The van der Waals surface area contributed by atoms with E-state index in [1.807, 2.05) is 42.5 Å². The number of imide groups is 1. The van der Waals surface area contributed by atoms with Crippen LogP contribution in [0.3, 0.4) is 0 Å². The average Bonchev–Trinajstić information content (AvgIpc) is 3.03. The van der Waals surface area contributed by atoms with E-state index in [0.29, 0.717) is 6.67 Å². The summed E-state index contributed by atoms with van der Waals surface area (Å²) >= 11 is 0. The lowest BCUT2D eigenvalue weighted by molar-refractivity contribution is -0.141. The van der Waals surface area contributed by atoms with Crippen molar-refractivity contribution in [2.45, 2.75) is 12.3 Å². The third kappa shape index (κ3) is 3.73. The molecule has 2 saturated heterocycles. The number of rotatable bonds is 5. The molecule has 2 aliphatic rings. The Kier molecular flexibility index (Phi) is 5.30. The van der Waals surface area contributed by atoms with E-state index in [4.69, 9.17) is 4.74 Å². The molecule has 0 saturated carbocycles. The van der Waals surface area contributed by atoms with Crippen LogP contribution in [0.4, 0.5) is 5.69 Å². The van der Waals surface area contributed by atoms with Gasteiger partial charge in [-0.3, -0.25) is 19.4 Å². The molecule has 146 valence electrons. The van der Waals surface area contributed by atoms with Gasteiger partial charge in [-0.15, -0.1) is 0 Å². The monoisotopic (exact) mass is 379 g/mol. The van der Waals surface area contributed by atoms with Crippen molar-refractivity contribution in [1.82, 2.24) is 9.80 Å². The number of carbonyl (C=O) groups excluding carboxylic acids is 2. The van der Waals surface area contributed by atoms with Gasteiger partial charge in [-0.25, -0.2) is 0 Å². The molecule has 1 atom stereocenters. The second kappa shape index (κ2) is 8.02. The molecule has 1 unspecified atom stereocenters. The summed E-state index contributed by atoms with van der Waals surface area (Å²) in [6, 6.07) is 17.6. The van der Waals surface area contributed by atoms with E-state index in [1.165, 1.54) is 4.90 Å². The molecule has 2 aromatic carbocycles. The summed E-state index contributed by atoms with van der Waals surface area (Å²) in [7, 11) is 1.66. The van der Waals surface area contributed by atoms with E-state index < -0.39 is 0 Å². The van der Waals surface area contributed by atoms with Crippen LogP contribution in [-0.4, -0.2) is 61.6 Å². The second-order valence-corrected chi connectivity index (χ2v) is 7.27. The van der Waals surface area contributed by atoms with Crippen LogP contribution in [0.25, 0.3) is 0 Å². The van der Waals surface area contributed by atoms with E-state index in [2.05, 4.69) is 21.9 Å². The minimum atomic E-state index is -0.339. The van der Waals surface area contributed by atoms with Gasteiger partial charge in [0.2, 0.25) is 11.8 Å². The smallest absolute Gasteiger partial charge is 0.238 e. The van der Waals surface area contributed by atoms with Crippen molar-refractivity contribution in [1.29, 1.82) is 0 Å². The van der Waals surface area contributed by atoms with Gasteiger partial charge < -0.3 is 9.64 Å². The zero-order valence-electron chi connectivity index (χ0n) is 16.1. The van der Waals surface area contributed by atoms with Crippen molar-refractivity contribution in [3.8, 4) is 5.75 Å². The van der Waals surface area contributed by atoms with Crippen LogP contribution in [0.15, 0.2) is 54.6 Å². The Morgan fingerprint density at radius 2 is 1.61 bits per heavy atom. The first kappa shape index (κ1) is 18.5. The molecule has 0 aliphatic carbocycles. The van der Waals surface area contributed by atoms with Crippen LogP contribution in [0, 0.1) is 0 Å². The van der Waals surface area contributed by atoms with Crippen LogP contribution in [0.2, 0.25) is 0 Å². The summed E-state index contributed by atoms with van der Waals surface area (Å²) in [4.78, 5) is 31.2. The SMILES string of the molecule is COc1ccc(N2CCN(CN3C(=O)CC(c4ccccc4)C3=O)CC2)cc1. The normalized spacial score (nSPS) is 20.7. The Bertz CT molecular complexity index is 830. The van der Waals surface area contributed by atoms with E-state index in [1.54, 1.807) is 7.11 Å². The minimum absolute atomic E-state index is 0.0727. The summed E-state index contributed by atoms with van der Waals surface area (Å²) in [6.07, 6.45) is 0.272. The topological polar surface area (TPSA) is 53.1 Å². The van der Waals surface area contributed by atoms with Crippen LogP contribution in [-0.2, 0) is 9.59 Å². The maximum absolute atomic E-state index is 12.8. The van der Waals surface area contributed by atoms with Gasteiger partial charge in [0, 0.05) is 38.3 Å². The third-order valence-corrected chi connectivity index (χ3v) is 5.60. The van der Waals surface area contributed by atoms with Gasteiger partial charge in [-0.1, -0.05) is 30.3 Å². The van der Waals surface area contributed by atoms with Crippen molar-refractivity contribution in [2.75, 3.05) is 44.9 Å². The molecule has 2 fully saturated rings. The molecule has 0 aromatic heterocycles. The van der Waals surface area contributed by atoms with E-state index in [-0.39, 0.29) is 24.2 Å². The fourth-order valence-electron chi connectivity index (χ4n) is 3.92. The molecule has 4 rings (SSSR count). The van der Waals surface area contributed by atoms with Crippen molar-refractivity contribution in [3.63, 3.8) is 0 Å². The molecular weight excluding hydrogens is 354 g/mol. The zero-order valence-corrected chi connectivity index (χ0v) is 16.1. The lowest BCUT2D eigenvalue weighted by Gasteiger charge is -2.37. The molecule has 2 aromatic rings. The molecule has 6 heteroatoms. The van der Waals surface area contributed by atoms with Crippen LogP contribution in [0.1, 0.15) is 17.9 Å². The molecule has 6 nitrogen and oxygen atoms in total. The van der Waals surface area contributed by atoms with Gasteiger partial charge in [0.1, 0.15) is 5.75 Å². The third-order valence-electron chi connectivity index (χ3n) is 5.60. The number of anilines is 1.